The molecular weight excluding hydrogens is 228 g/mol. The Morgan fingerprint density at radius 3 is 2.83 bits per heavy atom. The van der Waals surface area contributed by atoms with E-state index in [1.54, 1.807) is 0 Å². The fraction of sp³-hybridized carbons (Fsp3) is 0.786. The molecule has 1 saturated heterocycles. The molecule has 18 heavy (non-hydrogen) atoms. The number of rotatable bonds is 5. The van der Waals surface area contributed by atoms with E-state index in [0.717, 1.165) is 25.1 Å². The van der Waals surface area contributed by atoms with Crippen LogP contribution in [0.15, 0.2) is 11.6 Å². The van der Waals surface area contributed by atoms with Crippen molar-refractivity contribution in [2.24, 2.45) is 0 Å². The summed E-state index contributed by atoms with van der Waals surface area (Å²) in [6.45, 7) is 5.11. The average Bonchev–Trinajstić information content (AvgIpc) is 2.38. The highest BCUT2D eigenvalue weighted by atomic mass is 16.5. The average molecular weight is 254 g/mol. The minimum atomic E-state index is -0.202. The number of piperidine rings is 1. The lowest BCUT2D eigenvalue weighted by molar-refractivity contribution is -0.136. The van der Waals surface area contributed by atoms with Gasteiger partial charge in [-0.25, -0.2) is 4.79 Å². The highest BCUT2D eigenvalue weighted by molar-refractivity contribution is 5.88. The first-order valence-electron chi connectivity index (χ1n) is 6.74. The topological polar surface area (TPSA) is 32.8 Å². The summed E-state index contributed by atoms with van der Waals surface area (Å²) in [7, 11) is 5.73. The highest BCUT2D eigenvalue weighted by Crippen LogP contribution is 2.14. The van der Waals surface area contributed by atoms with Crippen LogP contribution in [0.3, 0.4) is 0 Å². The predicted octanol–water partition coefficient (Wildman–Crippen LogP) is 1.52. The van der Waals surface area contributed by atoms with Gasteiger partial charge >= 0.3 is 5.97 Å². The minimum Gasteiger partial charge on any atom is -0.466 e. The molecule has 1 unspecified atom stereocenters. The van der Waals surface area contributed by atoms with Gasteiger partial charge in [-0.2, -0.15) is 0 Å². The van der Waals surface area contributed by atoms with Crippen LogP contribution in [0, 0.1) is 0 Å². The number of ether oxygens (including phenoxy) is 1. The zero-order valence-corrected chi connectivity index (χ0v) is 12.1. The fourth-order valence-corrected chi connectivity index (χ4v) is 2.41. The monoisotopic (exact) mass is 254 g/mol. The highest BCUT2D eigenvalue weighted by Gasteiger charge is 2.20. The van der Waals surface area contributed by atoms with Gasteiger partial charge in [-0.15, -0.1) is 0 Å². The Morgan fingerprint density at radius 1 is 1.56 bits per heavy atom. The number of carbonyl (C=O) groups excluding carboxylic acids is 1. The Balaban J connectivity index is 2.50. The van der Waals surface area contributed by atoms with Gasteiger partial charge in [0.2, 0.25) is 0 Å². The summed E-state index contributed by atoms with van der Waals surface area (Å²) in [6.07, 6.45) is 5.23. The van der Waals surface area contributed by atoms with Gasteiger partial charge in [-0.3, -0.25) is 4.90 Å². The molecule has 104 valence electrons. The fourth-order valence-electron chi connectivity index (χ4n) is 2.41. The maximum atomic E-state index is 11.5. The number of nitrogens with zero attached hydrogens (tertiary/aromatic N) is 2. The molecule has 1 atom stereocenters. The first-order chi connectivity index (χ1) is 8.58. The summed E-state index contributed by atoms with van der Waals surface area (Å²) in [5.74, 6) is -0.202. The molecule has 0 N–H and O–H groups in total. The van der Waals surface area contributed by atoms with Crippen molar-refractivity contribution in [2.45, 2.75) is 32.2 Å². The standard InChI is InChI=1S/C14H26N2O2/c1-5-12(14(17)18-4)8-10-16(3)13-7-6-9-15(2)11-13/h8,13H,5-7,9-11H2,1-4H3. The second-order valence-electron chi connectivity index (χ2n) is 5.07. The number of likely N-dealkylation sites (N-methyl/N-ethyl adjacent to an activating group) is 2. The molecule has 1 rings (SSSR count). The van der Waals surface area contributed by atoms with Crippen LogP contribution < -0.4 is 0 Å². The van der Waals surface area contributed by atoms with E-state index in [2.05, 4.69) is 23.9 Å². The van der Waals surface area contributed by atoms with Crippen LogP contribution >= 0.6 is 0 Å². The SMILES string of the molecule is CCC(=CCN(C)C1CCCN(C)C1)C(=O)OC. The molecule has 0 amide bonds. The van der Waals surface area contributed by atoms with E-state index in [-0.39, 0.29) is 5.97 Å². The quantitative estimate of drug-likeness (QED) is 0.550. The summed E-state index contributed by atoms with van der Waals surface area (Å²) in [5.41, 5.74) is 0.772. The van der Waals surface area contributed by atoms with Crippen molar-refractivity contribution in [2.75, 3.05) is 40.8 Å². The predicted molar refractivity (Wildman–Crippen MR) is 73.5 cm³/mol. The van der Waals surface area contributed by atoms with E-state index in [4.69, 9.17) is 4.74 Å². The van der Waals surface area contributed by atoms with Crippen molar-refractivity contribution in [3.05, 3.63) is 11.6 Å². The number of likely N-dealkylation sites (tertiary alicyclic amines) is 1. The molecule has 1 aliphatic rings. The molecule has 4 heteroatoms. The summed E-state index contributed by atoms with van der Waals surface area (Å²) < 4.78 is 4.76. The van der Waals surface area contributed by atoms with Gasteiger partial charge in [-0.1, -0.05) is 13.0 Å². The number of carbonyl (C=O) groups is 1. The van der Waals surface area contributed by atoms with Crippen molar-refractivity contribution in [3.8, 4) is 0 Å². The van der Waals surface area contributed by atoms with E-state index in [1.807, 2.05) is 13.0 Å². The van der Waals surface area contributed by atoms with E-state index in [0.29, 0.717) is 6.04 Å². The summed E-state index contributed by atoms with van der Waals surface area (Å²) in [5, 5.41) is 0. The maximum absolute atomic E-state index is 11.5. The molecule has 0 aromatic heterocycles. The lowest BCUT2D eigenvalue weighted by Gasteiger charge is -2.35. The number of hydrogen-bond acceptors (Lipinski definition) is 4. The second-order valence-corrected chi connectivity index (χ2v) is 5.07. The molecule has 0 saturated carbocycles. The van der Waals surface area contributed by atoms with Gasteiger partial charge in [0.1, 0.15) is 0 Å². The third-order valence-electron chi connectivity index (χ3n) is 3.68. The Bertz CT molecular complexity index is 302. The van der Waals surface area contributed by atoms with Gasteiger partial charge in [0.25, 0.3) is 0 Å². The number of hydrogen-bond donors (Lipinski definition) is 0. The normalized spacial score (nSPS) is 22.3. The van der Waals surface area contributed by atoms with Crippen molar-refractivity contribution >= 4 is 5.97 Å². The van der Waals surface area contributed by atoms with Crippen LogP contribution in [0.4, 0.5) is 0 Å². The zero-order valence-electron chi connectivity index (χ0n) is 12.1. The van der Waals surface area contributed by atoms with Gasteiger partial charge in [0.15, 0.2) is 0 Å². The molecule has 0 spiro atoms. The molecule has 0 radical (unpaired) electrons. The van der Waals surface area contributed by atoms with Crippen LogP contribution in [0.1, 0.15) is 26.2 Å². The molecule has 1 aliphatic heterocycles. The summed E-state index contributed by atoms with van der Waals surface area (Å²) >= 11 is 0. The Hall–Kier alpha value is -0.870. The molecule has 0 aromatic carbocycles. The Kier molecular flexibility index (Phi) is 6.36. The third kappa shape index (κ3) is 4.42. The van der Waals surface area contributed by atoms with Crippen LogP contribution in [-0.2, 0) is 9.53 Å². The largest absolute Gasteiger partial charge is 0.466 e. The van der Waals surface area contributed by atoms with Gasteiger partial charge in [0.05, 0.1) is 7.11 Å². The molecule has 0 aromatic rings. The number of methoxy groups -OCH3 is 1. The van der Waals surface area contributed by atoms with Crippen molar-refractivity contribution in [1.82, 2.24) is 9.80 Å². The first kappa shape index (κ1) is 15.2. The van der Waals surface area contributed by atoms with E-state index in [1.165, 1.54) is 26.5 Å². The first-order valence-corrected chi connectivity index (χ1v) is 6.74. The van der Waals surface area contributed by atoms with E-state index in [9.17, 15) is 4.79 Å². The molecule has 1 heterocycles. The van der Waals surface area contributed by atoms with Crippen LogP contribution in [0.2, 0.25) is 0 Å². The number of esters is 1. The molecular formula is C14H26N2O2. The van der Waals surface area contributed by atoms with Crippen molar-refractivity contribution in [1.29, 1.82) is 0 Å². The molecule has 4 nitrogen and oxygen atoms in total. The lowest BCUT2D eigenvalue weighted by atomic mass is 10.0. The lowest BCUT2D eigenvalue weighted by Crippen LogP contribution is -2.45. The maximum Gasteiger partial charge on any atom is 0.333 e. The smallest absolute Gasteiger partial charge is 0.333 e. The van der Waals surface area contributed by atoms with Gasteiger partial charge < -0.3 is 9.64 Å². The second kappa shape index (κ2) is 7.54. The Morgan fingerprint density at radius 2 is 2.28 bits per heavy atom. The molecule has 0 bridgehead atoms. The zero-order chi connectivity index (χ0) is 13.5. The molecule has 0 aliphatic carbocycles. The van der Waals surface area contributed by atoms with Crippen LogP contribution in [0.5, 0.6) is 0 Å². The van der Waals surface area contributed by atoms with E-state index < -0.39 is 0 Å². The van der Waals surface area contributed by atoms with E-state index >= 15 is 0 Å². The van der Waals surface area contributed by atoms with Gasteiger partial charge in [0, 0.05) is 24.7 Å². The van der Waals surface area contributed by atoms with Crippen LogP contribution in [0.25, 0.3) is 0 Å². The third-order valence-corrected chi connectivity index (χ3v) is 3.68. The van der Waals surface area contributed by atoms with Crippen molar-refractivity contribution < 1.29 is 9.53 Å². The molecule has 1 fully saturated rings. The summed E-state index contributed by atoms with van der Waals surface area (Å²) in [6, 6.07) is 0.593. The van der Waals surface area contributed by atoms with Crippen molar-refractivity contribution in [3.63, 3.8) is 0 Å². The minimum absolute atomic E-state index is 0.202. The Labute approximate surface area is 111 Å². The summed E-state index contributed by atoms with van der Waals surface area (Å²) in [4.78, 5) is 16.2. The van der Waals surface area contributed by atoms with Gasteiger partial charge in [-0.05, 0) is 39.9 Å². The van der Waals surface area contributed by atoms with Crippen LogP contribution in [-0.4, -0.2) is 62.7 Å².